The Morgan fingerprint density at radius 1 is 0.640 bits per heavy atom. The second kappa shape index (κ2) is 7.02. The highest BCUT2D eigenvalue weighted by molar-refractivity contribution is 5.78. The van der Waals surface area contributed by atoms with Crippen LogP contribution in [0.1, 0.15) is 11.1 Å². The van der Waals surface area contributed by atoms with Gasteiger partial charge in [-0.15, -0.1) is 0 Å². The number of benzene rings is 3. The molecule has 2 heteroatoms. The third-order valence-corrected chi connectivity index (χ3v) is 4.07. The first kappa shape index (κ1) is 15.2. The lowest BCUT2D eigenvalue weighted by Crippen LogP contribution is -1.93. The van der Waals surface area contributed by atoms with Crippen molar-refractivity contribution in [2.24, 2.45) is 0 Å². The maximum Gasteiger partial charge on any atom is 0.0999 e. The van der Waals surface area contributed by atoms with Crippen LogP contribution < -0.4 is 0 Å². The first-order valence-corrected chi connectivity index (χ1v) is 8.34. The van der Waals surface area contributed by atoms with Gasteiger partial charge in [0.25, 0.3) is 0 Å². The smallest absolute Gasteiger partial charge is 0.0999 e. The maximum atomic E-state index is 4.83. The Morgan fingerprint density at radius 2 is 1.24 bits per heavy atom. The highest BCUT2D eigenvalue weighted by atomic mass is 15.3. The molecule has 0 fully saturated rings. The largest absolute Gasteiger partial charge is 0.240 e. The van der Waals surface area contributed by atoms with Gasteiger partial charge in [-0.1, -0.05) is 91.0 Å². The van der Waals surface area contributed by atoms with E-state index in [1.165, 1.54) is 5.56 Å². The summed E-state index contributed by atoms with van der Waals surface area (Å²) in [6.07, 6.45) is 6.33. The van der Waals surface area contributed by atoms with Gasteiger partial charge in [-0.2, -0.15) is 5.10 Å². The lowest BCUT2D eigenvalue weighted by atomic mass is 10.1. The van der Waals surface area contributed by atoms with Crippen molar-refractivity contribution in [2.75, 3.05) is 0 Å². The SMILES string of the molecule is C(=C\c1cn(-c2ccccc2)nc1-c1ccccc1)/c1ccccc1. The normalized spacial score (nSPS) is 11.0. The third-order valence-electron chi connectivity index (χ3n) is 4.07. The highest BCUT2D eigenvalue weighted by Crippen LogP contribution is 2.25. The molecular weight excluding hydrogens is 304 g/mol. The summed E-state index contributed by atoms with van der Waals surface area (Å²) in [5.41, 5.74) is 5.42. The number of aromatic nitrogens is 2. The van der Waals surface area contributed by atoms with Gasteiger partial charge in [-0.3, -0.25) is 0 Å². The third kappa shape index (κ3) is 3.43. The average molecular weight is 322 g/mol. The zero-order valence-electron chi connectivity index (χ0n) is 13.8. The van der Waals surface area contributed by atoms with E-state index >= 15 is 0 Å². The predicted molar refractivity (Wildman–Crippen MR) is 104 cm³/mol. The van der Waals surface area contributed by atoms with Crippen molar-refractivity contribution in [3.63, 3.8) is 0 Å². The van der Waals surface area contributed by atoms with Crippen LogP contribution in [0.2, 0.25) is 0 Å². The minimum Gasteiger partial charge on any atom is -0.240 e. The monoisotopic (exact) mass is 322 g/mol. The van der Waals surface area contributed by atoms with E-state index in [4.69, 9.17) is 5.10 Å². The zero-order chi connectivity index (χ0) is 16.9. The van der Waals surface area contributed by atoms with Gasteiger partial charge in [-0.05, 0) is 17.7 Å². The second-order valence-electron chi connectivity index (χ2n) is 5.82. The molecule has 1 heterocycles. The fourth-order valence-corrected chi connectivity index (χ4v) is 2.79. The average Bonchev–Trinajstić information content (AvgIpc) is 3.13. The molecule has 0 N–H and O–H groups in total. The molecular formula is C23H18N2. The first-order valence-electron chi connectivity index (χ1n) is 8.34. The van der Waals surface area contributed by atoms with Crippen molar-refractivity contribution >= 4 is 12.2 Å². The van der Waals surface area contributed by atoms with Crippen LogP contribution >= 0.6 is 0 Å². The molecule has 25 heavy (non-hydrogen) atoms. The summed E-state index contributed by atoms with van der Waals surface area (Å²) in [6.45, 7) is 0. The molecule has 120 valence electrons. The maximum absolute atomic E-state index is 4.83. The Kier molecular flexibility index (Phi) is 4.25. The van der Waals surface area contributed by atoms with Crippen molar-refractivity contribution in [3.8, 4) is 16.9 Å². The molecule has 0 saturated carbocycles. The van der Waals surface area contributed by atoms with Crippen LogP contribution in [0.25, 0.3) is 29.1 Å². The van der Waals surface area contributed by atoms with Gasteiger partial charge in [0.05, 0.1) is 11.4 Å². The van der Waals surface area contributed by atoms with E-state index in [1.54, 1.807) is 0 Å². The molecule has 4 aromatic rings. The van der Waals surface area contributed by atoms with Gasteiger partial charge < -0.3 is 0 Å². The van der Waals surface area contributed by atoms with Crippen LogP contribution in [0, 0.1) is 0 Å². The summed E-state index contributed by atoms with van der Waals surface area (Å²) in [7, 11) is 0. The van der Waals surface area contributed by atoms with Gasteiger partial charge in [0.15, 0.2) is 0 Å². The fraction of sp³-hybridized carbons (Fsp3) is 0. The minimum atomic E-state index is 0.983. The van der Waals surface area contributed by atoms with E-state index in [-0.39, 0.29) is 0 Å². The summed E-state index contributed by atoms with van der Waals surface area (Å²) < 4.78 is 1.94. The Balaban J connectivity index is 1.78. The van der Waals surface area contributed by atoms with Crippen molar-refractivity contribution in [2.45, 2.75) is 0 Å². The quantitative estimate of drug-likeness (QED) is 0.470. The molecule has 0 spiro atoms. The molecule has 0 amide bonds. The van der Waals surface area contributed by atoms with Crippen LogP contribution in [0.3, 0.4) is 0 Å². The Morgan fingerprint density at radius 3 is 1.92 bits per heavy atom. The van der Waals surface area contributed by atoms with Gasteiger partial charge in [0.1, 0.15) is 0 Å². The summed E-state index contributed by atoms with van der Waals surface area (Å²) in [4.78, 5) is 0. The summed E-state index contributed by atoms with van der Waals surface area (Å²) in [5, 5.41) is 4.83. The number of nitrogens with zero attached hydrogens (tertiary/aromatic N) is 2. The Labute approximate surface area is 147 Å². The summed E-state index contributed by atoms with van der Waals surface area (Å²) in [5.74, 6) is 0. The summed E-state index contributed by atoms with van der Waals surface area (Å²) >= 11 is 0. The lowest BCUT2D eigenvalue weighted by molar-refractivity contribution is 0.884. The molecule has 1 aromatic heterocycles. The molecule has 0 radical (unpaired) electrons. The van der Waals surface area contributed by atoms with E-state index in [1.807, 2.05) is 59.3 Å². The van der Waals surface area contributed by atoms with Crippen LogP contribution in [0.4, 0.5) is 0 Å². The predicted octanol–water partition coefficient (Wildman–Crippen LogP) is 5.71. The molecule has 0 saturated heterocycles. The molecule has 4 rings (SSSR count). The Hall–Kier alpha value is -3.39. The van der Waals surface area contributed by atoms with Crippen LogP contribution in [0.5, 0.6) is 0 Å². The van der Waals surface area contributed by atoms with Gasteiger partial charge in [0.2, 0.25) is 0 Å². The Bertz CT molecular complexity index is 969. The van der Waals surface area contributed by atoms with Gasteiger partial charge in [-0.25, -0.2) is 4.68 Å². The highest BCUT2D eigenvalue weighted by Gasteiger charge is 2.10. The van der Waals surface area contributed by atoms with Crippen molar-refractivity contribution in [1.82, 2.24) is 9.78 Å². The fourth-order valence-electron chi connectivity index (χ4n) is 2.79. The van der Waals surface area contributed by atoms with E-state index in [9.17, 15) is 0 Å². The second-order valence-corrected chi connectivity index (χ2v) is 5.82. The number of hydrogen-bond acceptors (Lipinski definition) is 1. The van der Waals surface area contributed by atoms with Crippen LogP contribution in [-0.2, 0) is 0 Å². The van der Waals surface area contributed by atoms with E-state index in [2.05, 4.69) is 54.7 Å². The van der Waals surface area contributed by atoms with Crippen LogP contribution in [0.15, 0.2) is 97.2 Å². The molecule has 0 bridgehead atoms. The summed E-state index contributed by atoms with van der Waals surface area (Å²) in [6, 6.07) is 30.8. The number of para-hydroxylation sites is 1. The van der Waals surface area contributed by atoms with Gasteiger partial charge >= 0.3 is 0 Å². The van der Waals surface area contributed by atoms with Crippen LogP contribution in [-0.4, -0.2) is 9.78 Å². The zero-order valence-corrected chi connectivity index (χ0v) is 13.8. The van der Waals surface area contributed by atoms with E-state index in [0.717, 1.165) is 22.5 Å². The topological polar surface area (TPSA) is 17.8 Å². The minimum absolute atomic E-state index is 0.983. The molecule has 0 aliphatic rings. The molecule has 3 aromatic carbocycles. The standard InChI is InChI=1S/C23H18N2/c1-4-10-19(11-5-1)16-17-21-18-25(22-14-8-3-9-15-22)24-23(21)20-12-6-2-7-13-20/h1-18H/b17-16+. The van der Waals surface area contributed by atoms with Crippen molar-refractivity contribution in [3.05, 3.63) is 108 Å². The number of hydrogen-bond donors (Lipinski definition) is 0. The molecule has 0 aliphatic carbocycles. The van der Waals surface area contributed by atoms with Crippen molar-refractivity contribution in [1.29, 1.82) is 0 Å². The molecule has 0 unspecified atom stereocenters. The first-order chi connectivity index (χ1) is 12.4. The molecule has 0 aliphatic heterocycles. The van der Waals surface area contributed by atoms with Gasteiger partial charge in [0, 0.05) is 17.3 Å². The lowest BCUT2D eigenvalue weighted by Gasteiger charge is -2.00. The number of rotatable bonds is 4. The molecule has 2 nitrogen and oxygen atoms in total. The molecule has 0 atom stereocenters. The van der Waals surface area contributed by atoms with E-state index < -0.39 is 0 Å². The van der Waals surface area contributed by atoms with E-state index in [0.29, 0.717) is 0 Å². The van der Waals surface area contributed by atoms with Crippen molar-refractivity contribution < 1.29 is 0 Å².